The van der Waals surface area contributed by atoms with Gasteiger partial charge in [0.15, 0.2) is 0 Å². The summed E-state index contributed by atoms with van der Waals surface area (Å²) in [7, 11) is 0. The molecule has 0 aliphatic carbocycles. The Balaban J connectivity index is 2.18. The lowest BCUT2D eigenvalue weighted by molar-refractivity contribution is 0.120. The number of rotatable bonds is 5. The largest absolute Gasteiger partial charge is 0.494 e. The van der Waals surface area contributed by atoms with Crippen molar-refractivity contribution in [3.63, 3.8) is 0 Å². The molecule has 21 heavy (non-hydrogen) atoms. The zero-order valence-electron chi connectivity index (χ0n) is 13.9. The molecule has 3 heteroatoms. The monoisotopic (exact) mass is 290 g/mol. The van der Waals surface area contributed by atoms with E-state index in [1.54, 1.807) is 0 Å². The van der Waals surface area contributed by atoms with Gasteiger partial charge in [-0.1, -0.05) is 13.0 Å². The van der Waals surface area contributed by atoms with E-state index in [2.05, 4.69) is 36.9 Å². The van der Waals surface area contributed by atoms with E-state index in [9.17, 15) is 0 Å². The number of likely N-dealkylation sites (tertiary alicyclic amines) is 1. The molecule has 3 nitrogen and oxygen atoms in total. The van der Waals surface area contributed by atoms with Crippen LogP contribution >= 0.6 is 0 Å². The van der Waals surface area contributed by atoms with E-state index in [1.807, 2.05) is 13.8 Å². The minimum atomic E-state index is 0.0678. The summed E-state index contributed by atoms with van der Waals surface area (Å²) in [4.78, 5) is 2.57. The van der Waals surface area contributed by atoms with E-state index in [1.165, 1.54) is 30.5 Å². The van der Waals surface area contributed by atoms with Crippen molar-refractivity contribution < 1.29 is 4.74 Å². The summed E-state index contributed by atoms with van der Waals surface area (Å²) in [6, 6.07) is 7.09. The van der Waals surface area contributed by atoms with E-state index in [0.29, 0.717) is 12.6 Å². The van der Waals surface area contributed by atoms with Crippen LogP contribution in [0.25, 0.3) is 0 Å². The predicted octanol–water partition coefficient (Wildman–Crippen LogP) is 3.73. The zero-order chi connectivity index (χ0) is 15.4. The summed E-state index contributed by atoms with van der Waals surface area (Å²) in [5.74, 6) is 1.85. The van der Waals surface area contributed by atoms with Gasteiger partial charge in [-0.25, -0.2) is 0 Å². The highest BCUT2D eigenvalue weighted by molar-refractivity contribution is 5.38. The molecule has 0 spiro atoms. The van der Waals surface area contributed by atoms with Gasteiger partial charge in [-0.3, -0.25) is 4.90 Å². The van der Waals surface area contributed by atoms with Crippen LogP contribution in [-0.2, 0) is 6.54 Å². The summed E-state index contributed by atoms with van der Waals surface area (Å²) in [5.41, 5.74) is 8.49. The van der Waals surface area contributed by atoms with Crippen LogP contribution in [0.5, 0.6) is 5.75 Å². The first-order chi connectivity index (χ1) is 10.0. The third kappa shape index (κ3) is 4.21. The Labute approximate surface area is 129 Å². The molecule has 1 fully saturated rings. The van der Waals surface area contributed by atoms with Crippen molar-refractivity contribution >= 4 is 0 Å². The molecule has 118 valence electrons. The quantitative estimate of drug-likeness (QED) is 0.898. The zero-order valence-corrected chi connectivity index (χ0v) is 13.9. The minimum Gasteiger partial charge on any atom is -0.494 e. The topological polar surface area (TPSA) is 38.5 Å². The maximum Gasteiger partial charge on any atom is 0.123 e. The molecule has 0 aromatic heterocycles. The first-order valence-corrected chi connectivity index (χ1v) is 8.26. The van der Waals surface area contributed by atoms with Gasteiger partial charge in [0.2, 0.25) is 0 Å². The average Bonchev–Trinajstić information content (AvgIpc) is 2.43. The molecule has 0 amide bonds. The predicted molar refractivity (Wildman–Crippen MR) is 88.5 cm³/mol. The van der Waals surface area contributed by atoms with Crippen molar-refractivity contribution in [1.82, 2.24) is 4.90 Å². The van der Waals surface area contributed by atoms with Crippen LogP contribution in [0.3, 0.4) is 0 Å². The minimum absolute atomic E-state index is 0.0678. The van der Waals surface area contributed by atoms with Crippen molar-refractivity contribution in [3.05, 3.63) is 29.3 Å². The van der Waals surface area contributed by atoms with Gasteiger partial charge < -0.3 is 10.5 Å². The summed E-state index contributed by atoms with van der Waals surface area (Å²) >= 11 is 0. The van der Waals surface area contributed by atoms with E-state index in [0.717, 1.165) is 18.2 Å². The summed E-state index contributed by atoms with van der Waals surface area (Å²) < 4.78 is 5.80. The Morgan fingerprint density at radius 1 is 1.38 bits per heavy atom. The van der Waals surface area contributed by atoms with Crippen molar-refractivity contribution in [1.29, 1.82) is 0 Å². The average molecular weight is 290 g/mol. The molecule has 0 bridgehead atoms. The molecule has 1 aromatic rings. The van der Waals surface area contributed by atoms with Crippen molar-refractivity contribution in [2.45, 2.75) is 59.2 Å². The molecule has 1 aromatic carbocycles. The molecule has 1 saturated heterocycles. The summed E-state index contributed by atoms with van der Waals surface area (Å²) in [6.45, 7) is 11.6. The molecule has 1 aliphatic heterocycles. The number of benzene rings is 1. The lowest BCUT2D eigenvalue weighted by atomic mass is 9.93. The summed E-state index contributed by atoms with van der Waals surface area (Å²) in [5, 5.41) is 0. The molecule has 1 heterocycles. The van der Waals surface area contributed by atoms with Crippen LogP contribution in [-0.4, -0.2) is 24.1 Å². The van der Waals surface area contributed by atoms with Crippen LogP contribution in [0, 0.1) is 5.92 Å². The van der Waals surface area contributed by atoms with Gasteiger partial charge in [-0.05, 0) is 63.8 Å². The normalized spacial score (nSPS) is 24.8. The molecule has 3 atom stereocenters. The van der Waals surface area contributed by atoms with Crippen LogP contribution in [0.2, 0.25) is 0 Å². The number of hydrogen-bond acceptors (Lipinski definition) is 3. The molecule has 2 N–H and O–H groups in total. The van der Waals surface area contributed by atoms with Crippen molar-refractivity contribution in [2.75, 3.05) is 13.2 Å². The van der Waals surface area contributed by atoms with E-state index in [-0.39, 0.29) is 6.04 Å². The van der Waals surface area contributed by atoms with Gasteiger partial charge >= 0.3 is 0 Å². The Morgan fingerprint density at radius 3 is 2.76 bits per heavy atom. The third-order valence-corrected chi connectivity index (χ3v) is 4.56. The maximum absolute atomic E-state index is 6.03. The number of nitrogens with two attached hydrogens (primary N) is 1. The highest BCUT2D eigenvalue weighted by Gasteiger charge is 2.23. The molecule has 1 aliphatic rings. The number of nitrogens with zero attached hydrogens (tertiary/aromatic N) is 1. The van der Waals surface area contributed by atoms with Crippen LogP contribution in [0.15, 0.2) is 18.2 Å². The fourth-order valence-corrected chi connectivity index (χ4v) is 3.21. The lowest BCUT2D eigenvalue weighted by Gasteiger charge is -2.36. The number of ether oxygens (including phenoxy) is 1. The maximum atomic E-state index is 6.03. The van der Waals surface area contributed by atoms with E-state index < -0.39 is 0 Å². The Hall–Kier alpha value is -1.06. The molecular formula is C18H30N2O. The highest BCUT2D eigenvalue weighted by atomic mass is 16.5. The number of hydrogen-bond donors (Lipinski definition) is 1. The highest BCUT2D eigenvalue weighted by Crippen LogP contribution is 2.28. The molecule has 0 radical (unpaired) electrons. The van der Waals surface area contributed by atoms with Gasteiger partial charge in [-0.2, -0.15) is 0 Å². The second-order valence-corrected chi connectivity index (χ2v) is 6.54. The van der Waals surface area contributed by atoms with Crippen molar-refractivity contribution in [3.8, 4) is 5.75 Å². The Kier molecular flexibility index (Phi) is 5.65. The standard InChI is InChI=1S/C18H30N2O/c1-5-21-18-7-6-16(15(4)19)11-17(18)12-20-9-8-13(2)10-14(20)3/h6-7,11,13-15H,5,8-10,12,19H2,1-4H3. The lowest BCUT2D eigenvalue weighted by Crippen LogP contribution is -2.39. The second-order valence-electron chi connectivity index (χ2n) is 6.54. The molecule has 2 rings (SSSR count). The molecular weight excluding hydrogens is 260 g/mol. The fourth-order valence-electron chi connectivity index (χ4n) is 3.21. The van der Waals surface area contributed by atoms with Gasteiger partial charge in [0.25, 0.3) is 0 Å². The first-order valence-electron chi connectivity index (χ1n) is 8.26. The van der Waals surface area contributed by atoms with Crippen LogP contribution < -0.4 is 10.5 Å². The first kappa shape index (κ1) is 16.3. The Morgan fingerprint density at radius 2 is 2.14 bits per heavy atom. The van der Waals surface area contributed by atoms with E-state index >= 15 is 0 Å². The van der Waals surface area contributed by atoms with Gasteiger partial charge in [-0.15, -0.1) is 0 Å². The third-order valence-electron chi connectivity index (χ3n) is 4.56. The second kappa shape index (κ2) is 7.28. The fraction of sp³-hybridized carbons (Fsp3) is 0.667. The molecule has 3 unspecified atom stereocenters. The van der Waals surface area contributed by atoms with Crippen molar-refractivity contribution in [2.24, 2.45) is 11.7 Å². The Bertz CT molecular complexity index is 459. The number of piperidine rings is 1. The smallest absolute Gasteiger partial charge is 0.123 e. The SMILES string of the molecule is CCOc1ccc(C(C)N)cc1CN1CCC(C)CC1C. The van der Waals surface area contributed by atoms with Gasteiger partial charge in [0, 0.05) is 24.2 Å². The van der Waals surface area contributed by atoms with E-state index in [4.69, 9.17) is 10.5 Å². The van der Waals surface area contributed by atoms with Crippen LogP contribution in [0.1, 0.15) is 57.7 Å². The van der Waals surface area contributed by atoms with Gasteiger partial charge in [0.1, 0.15) is 5.75 Å². The van der Waals surface area contributed by atoms with Gasteiger partial charge in [0.05, 0.1) is 6.61 Å². The van der Waals surface area contributed by atoms with Crippen LogP contribution in [0.4, 0.5) is 0 Å². The summed E-state index contributed by atoms with van der Waals surface area (Å²) in [6.07, 6.45) is 2.58. The molecule has 0 saturated carbocycles.